The lowest BCUT2D eigenvalue weighted by Crippen LogP contribution is -2.30. The minimum Gasteiger partial charge on any atom is -0.358 e. The van der Waals surface area contributed by atoms with E-state index in [4.69, 9.17) is 4.99 Å². The third-order valence-electron chi connectivity index (χ3n) is 12.0. The van der Waals surface area contributed by atoms with Crippen molar-refractivity contribution in [1.82, 2.24) is 4.57 Å². The Bertz CT molecular complexity index is 3680. The van der Waals surface area contributed by atoms with Crippen LogP contribution in [0.3, 0.4) is 0 Å². The van der Waals surface area contributed by atoms with Gasteiger partial charge in [-0.3, -0.25) is 0 Å². The van der Waals surface area contributed by atoms with Crippen LogP contribution in [0.4, 0.5) is 11.4 Å². The highest BCUT2D eigenvalue weighted by Gasteiger charge is 2.32. The lowest BCUT2D eigenvalue weighted by molar-refractivity contribution is 0.761. The molecule has 266 valence electrons. The monoisotopic (exact) mass is 761 g/mol. The number of benzene rings is 9. The quantitative estimate of drug-likeness (QED) is 0.191. The molecule has 1 aliphatic rings. The molecule has 4 heterocycles. The van der Waals surface area contributed by atoms with Crippen LogP contribution in [0.5, 0.6) is 0 Å². The van der Waals surface area contributed by atoms with Crippen LogP contribution in [0.15, 0.2) is 181 Å². The van der Waals surface area contributed by atoms with Gasteiger partial charge in [0.25, 0.3) is 0 Å². The van der Waals surface area contributed by atoms with Crippen molar-refractivity contribution in [2.75, 3.05) is 5.32 Å². The van der Waals surface area contributed by atoms with Gasteiger partial charge in [-0.25, -0.2) is 4.99 Å². The molecular formula is C52H31N3S2. The number of nitrogens with one attached hydrogen (secondary N) is 1. The number of hydrogen-bond donors (Lipinski definition) is 1. The van der Waals surface area contributed by atoms with Crippen LogP contribution in [0.2, 0.25) is 0 Å². The van der Waals surface area contributed by atoms with E-state index in [2.05, 4.69) is 186 Å². The average Bonchev–Trinajstić information content (AvgIpc) is 3.97. The van der Waals surface area contributed by atoms with Crippen LogP contribution >= 0.6 is 22.7 Å². The molecule has 0 saturated heterocycles. The molecule has 1 aliphatic heterocycles. The van der Waals surface area contributed by atoms with E-state index in [1.807, 2.05) is 22.7 Å². The van der Waals surface area contributed by atoms with E-state index in [9.17, 15) is 0 Å². The van der Waals surface area contributed by atoms with Gasteiger partial charge in [0.15, 0.2) is 0 Å². The van der Waals surface area contributed by atoms with Crippen molar-refractivity contribution in [2.24, 2.45) is 4.99 Å². The van der Waals surface area contributed by atoms with Gasteiger partial charge in [-0.2, -0.15) is 0 Å². The minimum absolute atomic E-state index is 0.309. The van der Waals surface area contributed by atoms with Crippen molar-refractivity contribution < 1.29 is 0 Å². The Morgan fingerprint density at radius 1 is 0.456 bits per heavy atom. The molecule has 13 rings (SSSR count). The highest BCUT2D eigenvalue weighted by Crippen LogP contribution is 2.51. The molecule has 0 radical (unpaired) electrons. The zero-order valence-corrected chi connectivity index (χ0v) is 32.2. The molecule has 5 heteroatoms. The van der Waals surface area contributed by atoms with Crippen LogP contribution in [0.1, 0.15) is 11.7 Å². The number of anilines is 1. The molecule has 0 fully saturated rings. The first-order valence-electron chi connectivity index (χ1n) is 19.4. The molecule has 0 amide bonds. The normalized spacial score (nSPS) is 14.4. The zero-order chi connectivity index (χ0) is 37.2. The molecule has 1 atom stereocenters. The van der Waals surface area contributed by atoms with E-state index in [1.54, 1.807) is 0 Å². The Kier molecular flexibility index (Phi) is 6.54. The highest BCUT2D eigenvalue weighted by molar-refractivity contribution is 7.27. The van der Waals surface area contributed by atoms with Crippen molar-refractivity contribution in [3.63, 3.8) is 0 Å². The Labute approximate surface area is 335 Å². The van der Waals surface area contributed by atoms with Gasteiger partial charge in [0.05, 0.1) is 28.1 Å². The Hall–Kier alpha value is -6.79. The second kappa shape index (κ2) is 11.9. The molecule has 3 nitrogen and oxygen atoms in total. The number of hydrogen-bond acceptors (Lipinski definition) is 4. The maximum atomic E-state index is 5.65. The summed E-state index contributed by atoms with van der Waals surface area (Å²) in [5.41, 5.74) is 9.07. The predicted molar refractivity (Wildman–Crippen MR) is 247 cm³/mol. The summed E-state index contributed by atoms with van der Waals surface area (Å²) < 4.78 is 7.79. The van der Waals surface area contributed by atoms with E-state index in [1.165, 1.54) is 94.8 Å². The number of thiophene rings is 2. The SMILES string of the molecule is c1ccc(-c2cccc3c2sc2c(C4=Nc5ccccc5NC4n4c5ccc6ccccc6c5c5c6c7ccccc7sc6c6ccccc6c54)cccc23)cc1. The first-order valence-corrected chi connectivity index (χ1v) is 21.0. The van der Waals surface area contributed by atoms with Gasteiger partial charge in [0, 0.05) is 67.5 Å². The molecule has 0 bridgehead atoms. The summed E-state index contributed by atoms with van der Waals surface area (Å²) in [5, 5.41) is 16.9. The molecule has 3 aromatic heterocycles. The Balaban J connectivity index is 1.19. The van der Waals surface area contributed by atoms with Crippen LogP contribution in [0, 0.1) is 0 Å². The van der Waals surface area contributed by atoms with Crippen LogP contribution in [0.25, 0.3) is 94.8 Å². The van der Waals surface area contributed by atoms with Crippen LogP contribution in [-0.4, -0.2) is 10.3 Å². The summed E-state index contributed by atoms with van der Waals surface area (Å²) in [6, 6.07) is 64.3. The number of para-hydroxylation sites is 2. The largest absolute Gasteiger partial charge is 0.358 e. The highest BCUT2D eigenvalue weighted by atomic mass is 32.1. The lowest BCUT2D eigenvalue weighted by Gasteiger charge is -2.30. The van der Waals surface area contributed by atoms with Crippen molar-refractivity contribution in [1.29, 1.82) is 0 Å². The smallest absolute Gasteiger partial charge is 0.148 e. The number of nitrogens with zero attached hydrogens (tertiary/aromatic N) is 2. The molecule has 12 aromatic rings. The van der Waals surface area contributed by atoms with Crippen molar-refractivity contribution in [3.8, 4) is 11.1 Å². The first-order chi connectivity index (χ1) is 28.3. The van der Waals surface area contributed by atoms with Gasteiger partial charge in [-0.1, -0.05) is 152 Å². The summed E-state index contributed by atoms with van der Waals surface area (Å²) in [4.78, 5) is 5.65. The summed E-state index contributed by atoms with van der Waals surface area (Å²) in [5.74, 6) is 0. The molecule has 1 unspecified atom stereocenters. The maximum Gasteiger partial charge on any atom is 0.148 e. The van der Waals surface area contributed by atoms with Crippen molar-refractivity contribution in [2.45, 2.75) is 6.17 Å². The van der Waals surface area contributed by atoms with Gasteiger partial charge < -0.3 is 9.88 Å². The molecule has 0 spiro atoms. The van der Waals surface area contributed by atoms with Crippen LogP contribution in [-0.2, 0) is 0 Å². The van der Waals surface area contributed by atoms with E-state index < -0.39 is 0 Å². The molecule has 0 saturated carbocycles. The number of aromatic nitrogens is 1. The van der Waals surface area contributed by atoms with Crippen molar-refractivity contribution in [3.05, 3.63) is 181 Å². The fraction of sp³-hybridized carbons (Fsp3) is 0.0192. The Morgan fingerprint density at radius 3 is 1.96 bits per heavy atom. The predicted octanol–water partition coefficient (Wildman–Crippen LogP) is 15.2. The molecule has 57 heavy (non-hydrogen) atoms. The molecule has 1 N–H and O–H groups in total. The van der Waals surface area contributed by atoms with E-state index in [0.29, 0.717) is 0 Å². The lowest BCUT2D eigenvalue weighted by atomic mass is 9.97. The summed E-state index contributed by atoms with van der Waals surface area (Å²) in [6.45, 7) is 0. The van der Waals surface area contributed by atoms with E-state index >= 15 is 0 Å². The fourth-order valence-electron chi connectivity index (χ4n) is 9.59. The molecular weight excluding hydrogens is 731 g/mol. The first kappa shape index (κ1) is 31.4. The van der Waals surface area contributed by atoms with E-state index in [0.717, 1.165) is 22.6 Å². The number of fused-ring (bicyclic) bond motifs is 16. The van der Waals surface area contributed by atoms with Crippen molar-refractivity contribution >= 4 is 123 Å². The summed E-state index contributed by atoms with van der Waals surface area (Å²) in [6.07, 6.45) is -0.309. The second-order valence-corrected chi connectivity index (χ2v) is 17.1. The van der Waals surface area contributed by atoms with E-state index in [-0.39, 0.29) is 6.17 Å². The van der Waals surface area contributed by atoms with Crippen LogP contribution < -0.4 is 5.32 Å². The maximum absolute atomic E-state index is 5.65. The van der Waals surface area contributed by atoms with Gasteiger partial charge in [0.1, 0.15) is 6.17 Å². The fourth-order valence-corrected chi connectivity index (χ4v) is 12.2. The molecule has 9 aromatic carbocycles. The third kappa shape index (κ3) is 4.38. The van der Waals surface area contributed by atoms with Gasteiger partial charge in [-0.15, -0.1) is 22.7 Å². The number of aliphatic imine (C=N–C) groups is 1. The number of rotatable bonds is 3. The van der Waals surface area contributed by atoms with Gasteiger partial charge >= 0.3 is 0 Å². The summed E-state index contributed by atoms with van der Waals surface area (Å²) in [7, 11) is 0. The summed E-state index contributed by atoms with van der Waals surface area (Å²) >= 11 is 3.79. The zero-order valence-electron chi connectivity index (χ0n) is 30.5. The Morgan fingerprint density at radius 2 is 1.11 bits per heavy atom. The topological polar surface area (TPSA) is 29.3 Å². The van der Waals surface area contributed by atoms with Gasteiger partial charge in [0.2, 0.25) is 0 Å². The standard InChI is InChI=1S/C52H31N3S2/c1-2-14-30(15-3-1)33-21-12-22-36-37-23-13-24-39(50(37)57-49(33)36)47-52(54-41-26-10-9-25-40(41)53-47)55-42-29-28-31-16-4-5-17-32(31)44(42)46-45-38-20-8-11-27-43(38)56-51(45)35-19-7-6-18-34(35)48(46)55/h1-29,52,54H. The van der Waals surface area contributed by atoms with Gasteiger partial charge in [-0.05, 0) is 46.2 Å². The third-order valence-corrected chi connectivity index (χ3v) is 14.5. The molecule has 0 aliphatic carbocycles. The minimum atomic E-state index is -0.309. The second-order valence-electron chi connectivity index (χ2n) is 15.0. The average molecular weight is 762 g/mol.